The summed E-state index contributed by atoms with van der Waals surface area (Å²) in [6, 6.07) is 0. The first-order valence-corrected chi connectivity index (χ1v) is 4.51. The van der Waals surface area contributed by atoms with Gasteiger partial charge in [0.1, 0.15) is 0 Å². The molecule has 0 bridgehead atoms. The van der Waals surface area contributed by atoms with Crippen LogP contribution in [0, 0.1) is 0 Å². The molecule has 0 aromatic heterocycles. The van der Waals surface area contributed by atoms with Crippen molar-refractivity contribution in [1.29, 1.82) is 0 Å². The van der Waals surface area contributed by atoms with Gasteiger partial charge in [0, 0.05) is 9.29 Å². The molecule has 0 aromatic rings. The van der Waals surface area contributed by atoms with E-state index in [4.69, 9.17) is 25.0 Å². The first kappa shape index (κ1) is 16.7. The van der Waals surface area contributed by atoms with Gasteiger partial charge in [-0.2, -0.15) is 0 Å². The molecule has 0 saturated heterocycles. The predicted octanol–water partition coefficient (Wildman–Crippen LogP) is -0.695. The van der Waals surface area contributed by atoms with Gasteiger partial charge in [0.15, 0.2) is 0 Å². The molecule has 0 radical (unpaired) electrons. The summed E-state index contributed by atoms with van der Waals surface area (Å²) in [6.45, 7) is 2.32. The molecule has 0 atom stereocenters. The highest BCUT2D eigenvalue weighted by atomic mass is 16.4. The molecular formula is C9H27N3O3. The number of rotatable bonds is 4. The van der Waals surface area contributed by atoms with Gasteiger partial charge >= 0.3 is 5.97 Å². The van der Waals surface area contributed by atoms with Gasteiger partial charge in [-0.05, 0) is 19.5 Å². The summed E-state index contributed by atoms with van der Waals surface area (Å²) < 4.78 is 13.0. The summed E-state index contributed by atoms with van der Waals surface area (Å²) in [5, 5.41) is 7.83. The van der Waals surface area contributed by atoms with Crippen LogP contribution in [-0.4, -0.2) is 36.2 Å². The Hall–Kier alpha value is -0.690. The molecule has 0 saturated carbocycles. The van der Waals surface area contributed by atoms with Crippen molar-refractivity contribution < 1.29 is 18.1 Å². The van der Waals surface area contributed by atoms with Crippen LogP contribution in [0.2, 0.25) is 0 Å². The highest BCUT2D eigenvalue weighted by Crippen LogP contribution is 1.77. The van der Waals surface area contributed by atoms with Gasteiger partial charge in [-0.3, -0.25) is 4.79 Å². The minimum Gasteiger partial charge on any atom is -0.481 e. The van der Waals surface area contributed by atoms with Gasteiger partial charge in [-0.15, -0.1) is 0 Å². The average Bonchev–Trinajstić information content (AvgIpc) is 2.27. The van der Waals surface area contributed by atoms with Crippen molar-refractivity contribution in [3.05, 3.63) is 0 Å². The van der Waals surface area contributed by atoms with E-state index in [1.54, 1.807) is 0 Å². The standard InChI is InChI=1S/C4H11N.C3H7NO2.C2H7N.H2O/c1-2-3-4-5;4-2-1-3(5)6;1-2-3;/h2-5H2,1H3;1-2,4H2,(H,5,6);2-3H2,1H3;1H2/i1T;;1T;. The third-order valence-electron chi connectivity index (χ3n) is 0.812. The summed E-state index contributed by atoms with van der Waals surface area (Å²) >= 11 is 0. The van der Waals surface area contributed by atoms with Gasteiger partial charge in [-0.1, -0.05) is 20.2 Å². The summed E-state index contributed by atoms with van der Waals surface area (Å²) in [5.74, 6) is -0.836. The van der Waals surface area contributed by atoms with Crippen LogP contribution in [0.3, 0.4) is 0 Å². The van der Waals surface area contributed by atoms with Crippen molar-refractivity contribution in [2.45, 2.75) is 33.1 Å². The second-order valence-corrected chi connectivity index (χ2v) is 2.22. The second kappa shape index (κ2) is 29.2. The van der Waals surface area contributed by atoms with Crippen molar-refractivity contribution in [2.24, 2.45) is 17.2 Å². The van der Waals surface area contributed by atoms with Crippen molar-refractivity contribution >= 4 is 5.97 Å². The van der Waals surface area contributed by atoms with Crippen molar-refractivity contribution in [2.75, 3.05) is 19.6 Å². The highest BCUT2D eigenvalue weighted by molar-refractivity contribution is 5.66. The first-order chi connectivity index (χ1) is 7.60. The number of carbonyl (C=O) groups is 1. The molecule has 0 heterocycles. The number of carboxylic acids is 1. The highest BCUT2D eigenvalue weighted by Gasteiger charge is 1.87. The smallest absolute Gasteiger partial charge is 0.304 e. The number of hydrogen-bond acceptors (Lipinski definition) is 4. The molecule has 6 nitrogen and oxygen atoms in total. The molecule has 0 unspecified atom stereocenters. The quantitative estimate of drug-likeness (QED) is 0.471. The molecule has 0 aliphatic heterocycles. The largest absolute Gasteiger partial charge is 0.481 e. The van der Waals surface area contributed by atoms with Gasteiger partial charge in [-0.25, -0.2) is 0 Å². The molecule has 0 amide bonds. The minimum atomic E-state index is -0.836. The van der Waals surface area contributed by atoms with E-state index < -0.39 is 5.97 Å². The Kier molecular flexibility index (Phi) is 32.6. The number of unbranched alkanes of at least 4 members (excludes halogenated alkanes) is 1. The topological polar surface area (TPSA) is 147 Å². The number of nitrogens with two attached hydrogens (primary N) is 3. The first-order valence-electron chi connectivity index (χ1n) is 5.92. The van der Waals surface area contributed by atoms with Crippen molar-refractivity contribution in [1.82, 2.24) is 0 Å². The number of aliphatic carboxylic acids is 1. The second-order valence-electron chi connectivity index (χ2n) is 2.22. The van der Waals surface area contributed by atoms with Gasteiger partial charge < -0.3 is 27.8 Å². The zero-order valence-corrected chi connectivity index (χ0v) is 9.24. The maximum absolute atomic E-state index is 9.52. The van der Waals surface area contributed by atoms with Crippen LogP contribution in [0.1, 0.15) is 35.8 Å². The average molecular weight is 229 g/mol. The van der Waals surface area contributed by atoms with Crippen LogP contribution in [0.15, 0.2) is 0 Å². The number of carboxylic acid groups (broad SMARTS) is 1. The van der Waals surface area contributed by atoms with Crippen molar-refractivity contribution in [3.63, 3.8) is 0 Å². The molecule has 0 aliphatic carbocycles. The van der Waals surface area contributed by atoms with E-state index in [2.05, 4.69) is 0 Å². The van der Waals surface area contributed by atoms with Gasteiger partial charge in [0.2, 0.25) is 0 Å². The summed E-state index contributed by atoms with van der Waals surface area (Å²) in [4.78, 5) is 9.52. The van der Waals surface area contributed by atoms with Crippen LogP contribution < -0.4 is 17.2 Å². The van der Waals surface area contributed by atoms with E-state index in [1.165, 1.54) is 0 Å². The Labute approximate surface area is 94.9 Å². The van der Waals surface area contributed by atoms with E-state index in [-0.39, 0.29) is 18.4 Å². The number of hydrogen-bond donors (Lipinski definition) is 4. The van der Waals surface area contributed by atoms with Gasteiger partial charge in [0.05, 0.1) is 6.42 Å². The van der Waals surface area contributed by atoms with Crippen LogP contribution in [-0.2, 0) is 4.79 Å². The molecule has 15 heavy (non-hydrogen) atoms. The normalized spacial score (nSPS) is 9.00. The summed E-state index contributed by atoms with van der Waals surface area (Å²) in [5.41, 5.74) is 14.8. The van der Waals surface area contributed by atoms with Crippen LogP contribution in [0.5, 0.6) is 0 Å². The lowest BCUT2D eigenvalue weighted by molar-refractivity contribution is -0.136. The van der Waals surface area contributed by atoms with Crippen molar-refractivity contribution in [3.8, 4) is 0 Å². The Morgan fingerprint density at radius 2 is 1.80 bits per heavy atom. The fourth-order valence-corrected chi connectivity index (χ4v) is 0.268. The Bertz CT molecular complexity index is 126. The predicted molar refractivity (Wildman–Crippen MR) is 63.6 cm³/mol. The van der Waals surface area contributed by atoms with Gasteiger partial charge in [0.25, 0.3) is 0 Å². The van der Waals surface area contributed by atoms with E-state index in [0.717, 1.165) is 19.4 Å². The SMILES string of the molecule is NCCC(=O)O.O.[3H]CCCCN.[3H]CCN. The third kappa shape index (κ3) is 91.7. The lowest BCUT2D eigenvalue weighted by atomic mass is 10.3. The zero-order valence-electron chi connectivity index (χ0n) is 11.2. The molecule has 0 fully saturated rings. The Balaban J connectivity index is -0.0000000741. The third-order valence-corrected chi connectivity index (χ3v) is 0.812. The minimum absolute atomic E-state index is 0. The lowest BCUT2D eigenvalue weighted by Gasteiger charge is -1.80. The molecule has 0 rings (SSSR count). The fourth-order valence-electron chi connectivity index (χ4n) is 0.268. The monoisotopic (exact) mass is 229 g/mol. The molecule has 96 valence electrons. The Morgan fingerprint density at radius 3 is 1.87 bits per heavy atom. The van der Waals surface area contributed by atoms with E-state index >= 15 is 0 Å². The Morgan fingerprint density at radius 1 is 1.27 bits per heavy atom. The summed E-state index contributed by atoms with van der Waals surface area (Å²) in [6.07, 6.45) is 2.03. The van der Waals surface area contributed by atoms with E-state index in [1.807, 2.05) is 0 Å². The van der Waals surface area contributed by atoms with E-state index in [9.17, 15) is 4.79 Å². The van der Waals surface area contributed by atoms with Crippen LogP contribution in [0.4, 0.5) is 0 Å². The zero-order chi connectivity index (χ0) is 13.2. The maximum Gasteiger partial charge on any atom is 0.304 e. The molecule has 0 aliphatic rings. The maximum atomic E-state index is 9.52. The fraction of sp³-hybridized carbons (Fsp3) is 0.889. The lowest BCUT2D eigenvalue weighted by Crippen LogP contribution is -2.05. The molecule has 0 spiro atoms. The van der Waals surface area contributed by atoms with E-state index in [0.29, 0.717) is 20.3 Å². The summed E-state index contributed by atoms with van der Waals surface area (Å²) in [7, 11) is 0. The molecule has 9 N–H and O–H groups in total. The molecule has 6 heteroatoms. The van der Waals surface area contributed by atoms with Crippen LogP contribution in [0.25, 0.3) is 0 Å². The molecular weight excluding hydrogens is 198 g/mol. The van der Waals surface area contributed by atoms with Crippen LogP contribution >= 0.6 is 0 Å². The molecule has 0 aromatic carbocycles.